The summed E-state index contributed by atoms with van der Waals surface area (Å²) in [5.74, 6) is -1.47. The van der Waals surface area contributed by atoms with Crippen molar-refractivity contribution >= 4 is 16.1 Å². The average Bonchev–Trinajstić information content (AvgIpc) is 2.25. The first-order valence-corrected chi connectivity index (χ1v) is 6.80. The largest absolute Gasteiger partial charge is 0.743 e. The monoisotopic (exact) mass is 286 g/mol. The molecule has 1 aliphatic carbocycles. The molecule has 18 heavy (non-hydrogen) atoms. The standard InChI is InChI=1S/C9H15F2NO5S/c10-9(11,18(14,15)16)5-17-8(13)6-1-3-7(12)4-2-6/h6-7H,1-5,12H2,(H,14,15,16)/p-1. The van der Waals surface area contributed by atoms with Gasteiger partial charge in [0.1, 0.15) is 0 Å². The van der Waals surface area contributed by atoms with Gasteiger partial charge in [-0.2, -0.15) is 8.78 Å². The Balaban J connectivity index is 2.47. The van der Waals surface area contributed by atoms with Gasteiger partial charge >= 0.3 is 11.2 Å². The summed E-state index contributed by atoms with van der Waals surface area (Å²) in [4.78, 5) is 11.4. The van der Waals surface area contributed by atoms with Crippen molar-refractivity contribution in [1.29, 1.82) is 0 Å². The number of nitrogens with two attached hydrogens (primary N) is 1. The summed E-state index contributed by atoms with van der Waals surface area (Å²) in [7, 11) is -5.82. The highest BCUT2D eigenvalue weighted by atomic mass is 32.2. The van der Waals surface area contributed by atoms with Gasteiger partial charge in [-0.3, -0.25) is 4.79 Å². The van der Waals surface area contributed by atoms with Crippen LogP contribution in [0.4, 0.5) is 8.78 Å². The molecule has 0 heterocycles. The fourth-order valence-electron chi connectivity index (χ4n) is 1.70. The second-order valence-corrected chi connectivity index (χ2v) is 5.82. The average molecular weight is 286 g/mol. The van der Waals surface area contributed by atoms with E-state index in [-0.39, 0.29) is 6.04 Å². The Bertz CT molecular complexity index is 403. The zero-order valence-corrected chi connectivity index (χ0v) is 10.3. The summed E-state index contributed by atoms with van der Waals surface area (Å²) in [5.41, 5.74) is 5.60. The molecule has 0 aliphatic heterocycles. The molecular weight excluding hydrogens is 272 g/mol. The van der Waals surface area contributed by atoms with Crippen LogP contribution in [0.3, 0.4) is 0 Å². The highest BCUT2D eigenvalue weighted by molar-refractivity contribution is 7.86. The van der Waals surface area contributed by atoms with Crippen molar-refractivity contribution in [2.45, 2.75) is 37.0 Å². The van der Waals surface area contributed by atoms with Gasteiger partial charge in [-0.15, -0.1) is 0 Å². The van der Waals surface area contributed by atoms with Crippen molar-refractivity contribution in [3.63, 3.8) is 0 Å². The number of carbonyl (C=O) groups excluding carboxylic acids is 1. The van der Waals surface area contributed by atoms with E-state index in [0.29, 0.717) is 25.7 Å². The summed E-state index contributed by atoms with van der Waals surface area (Å²) >= 11 is 0. The van der Waals surface area contributed by atoms with Crippen LogP contribution in [-0.4, -0.2) is 36.8 Å². The van der Waals surface area contributed by atoms with E-state index in [0.717, 1.165) is 0 Å². The number of ether oxygens (including phenoxy) is 1. The Hall–Kier alpha value is -0.800. The van der Waals surface area contributed by atoms with Crippen molar-refractivity contribution in [2.24, 2.45) is 11.7 Å². The maximum Gasteiger partial charge on any atom is 0.367 e. The first-order valence-electron chi connectivity index (χ1n) is 5.39. The number of alkyl halides is 2. The van der Waals surface area contributed by atoms with Crippen LogP contribution in [-0.2, 0) is 19.6 Å². The Morgan fingerprint density at radius 1 is 1.33 bits per heavy atom. The van der Waals surface area contributed by atoms with E-state index in [4.69, 9.17) is 5.73 Å². The molecule has 106 valence electrons. The number of esters is 1. The SMILES string of the molecule is NC1CCC(C(=O)OCC(F)(F)S(=O)(=O)[O-])CC1. The summed E-state index contributed by atoms with van der Waals surface area (Å²) in [6.45, 7) is -1.74. The maximum absolute atomic E-state index is 12.7. The highest BCUT2D eigenvalue weighted by Crippen LogP contribution is 2.26. The third-order valence-electron chi connectivity index (χ3n) is 2.85. The fraction of sp³-hybridized carbons (Fsp3) is 0.889. The predicted octanol–water partition coefficient (Wildman–Crippen LogP) is 0.185. The summed E-state index contributed by atoms with van der Waals surface area (Å²) in [5, 5.41) is -4.59. The van der Waals surface area contributed by atoms with Crippen molar-refractivity contribution in [1.82, 2.24) is 0 Å². The molecule has 6 nitrogen and oxygen atoms in total. The van der Waals surface area contributed by atoms with Crippen LogP contribution >= 0.6 is 0 Å². The lowest BCUT2D eigenvalue weighted by molar-refractivity contribution is -0.155. The smallest absolute Gasteiger partial charge is 0.367 e. The first-order chi connectivity index (χ1) is 8.13. The molecule has 0 aromatic rings. The van der Waals surface area contributed by atoms with Crippen LogP contribution in [0.5, 0.6) is 0 Å². The van der Waals surface area contributed by atoms with Crippen molar-refractivity contribution in [3.05, 3.63) is 0 Å². The van der Waals surface area contributed by atoms with Gasteiger partial charge in [-0.25, -0.2) is 8.42 Å². The van der Waals surface area contributed by atoms with Gasteiger partial charge in [-0.1, -0.05) is 0 Å². The summed E-state index contributed by atoms with van der Waals surface area (Å²) in [6, 6.07) is -0.0162. The van der Waals surface area contributed by atoms with Gasteiger partial charge in [0.25, 0.3) is 0 Å². The Labute approximate surface area is 103 Å². The summed E-state index contributed by atoms with van der Waals surface area (Å²) in [6.07, 6.45) is 1.98. The molecule has 0 spiro atoms. The van der Waals surface area contributed by atoms with Gasteiger partial charge in [-0.05, 0) is 25.7 Å². The topological polar surface area (TPSA) is 110 Å². The van der Waals surface area contributed by atoms with E-state index in [1.54, 1.807) is 0 Å². The molecule has 1 fully saturated rings. The van der Waals surface area contributed by atoms with Crippen LogP contribution in [0.2, 0.25) is 0 Å². The first kappa shape index (κ1) is 15.3. The molecular formula is C9H14F2NO5S-. The minimum absolute atomic E-state index is 0.0162. The number of rotatable bonds is 4. The number of halogens is 2. The van der Waals surface area contributed by atoms with Crippen LogP contribution in [0.15, 0.2) is 0 Å². The third kappa shape index (κ3) is 3.85. The second-order valence-electron chi connectivity index (χ2n) is 4.31. The maximum atomic E-state index is 12.7. The zero-order valence-electron chi connectivity index (χ0n) is 9.47. The van der Waals surface area contributed by atoms with E-state index < -0.39 is 33.9 Å². The molecule has 0 atom stereocenters. The lowest BCUT2D eigenvalue weighted by Crippen LogP contribution is -2.37. The molecule has 1 rings (SSSR count). The molecule has 0 aromatic heterocycles. The number of carbonyl (C=O) groups is 1. The van der Waals surface area contributed by atoms with Crippen LogP contribution in [0.25, 0.3) is 0 Å². The lowest BCUT2D eigenvalue weighted by atomic mass is 9.86. The molecule has 0 bridgehead atoms. The van der Waals surface area contributed by atoms with Crippen LogP contribution < -0.4 is 5.73 Å². The van der Waals surface area contributed by atoms with E-state index in [9.17, 15) is 26.5 Å². The molecule has 2 N–H and O–H groups in total. The lowest BCUT2D eigenvalue weighted by Gasteiger charge is -2.25. The zero-order chi connectivity index (χ0) is 14.0. The Kier molecular flexibility index (Phi) is 4.62. The van der Waals surface area contributed by atoms with E-state index in [1.807, 2.05) is 0 Å². The van der Waals surface area contributed by atoms with Crippen molar-refractivity contribution in [2.75, 3.05) is 6.61 Å². The second kappa shape index (κ2) is 5.45. The molecule has 0 aromatic carbocycles. The van der Waals surface area contributed by atoms with Gasteiger partial charge in [0.2, 0.25) is 0 Å². The van der Waals surface area contributed by atoms with Crippen LogP contribution in [0, 0.1) is 5.92 Å². The van der Waals surface area contributed by atoms with Crippen molar-refractivity contribution < 1.29 is 31.3 Å². The van der Waals surface area contributed by atoms with Gasteiger partial charge < -0.3 is 15.0 Å². The number of hydrogen-bond acceptors (Lipinski definition) is 6. The van der Waals surface area contributed by atoms with Gasteiger partial charge in [0, 0.05) is 6.04 Å². The normalized spacial score (nSPS) is 25.8. The van der Waals surface area contributed by atoms with Crippen LogP contribution in [0.1, 0.15) is 25.7 Å². The van der Waals surface area contributed by atoms with Crippen molar-refractivity contribution in [3.8, 4) is 0 Å². The quantitative estimate of drug-likeness (QED) is 0.583. The van der Waals surface area contributed by atoms with E-state index in [2.05, 4.69) is 4.74 Å². The number of hydrogen-bond donors (Lipinski definition) is 1. The predicted molar refractivity (Wildman–Crippen MR) is 55.5 cm³/mol. The minimum Gasteiger partial charge on any atom is -0.743 e. The molecule has 0 radical (unpaired) electrons. The van der Waals surface area contributed by atoms with E-state index >= 15 is 0 Å². The molecule has 9 heteroatoms. The summed E-state index contributed by atoms with van der Waals surface area (Å²) < 4.78 is 60.2. The highest BCUT2D eigenvalue weighted by Gasteiger charge is 2.40. The molecule has 0 saturated heterocycles. The molecule has 1 aliphatic rings. The fourth-order valence-corrected chi connectivity index (χ4v) is 1.90. The minimum atomic E-state index is -5.82. The van der Waals surface area contributed by atoms with E-state index in [1.165, 1.54) is 0 Å². The molecule has 1 saturated carbocycles. The van der Waals surface area contributed by atoms with Gasteiger partial charge in [0.05, 0.1) is 5.92 Å². The van der Waals surface area contributed by atoms with Gasteiger partial charge in [0.15, 0.2) is 16.7 Å². The molecule has 0 unspecified atom stereocenters. The Morgan fingerprint density at radius 3 is 2.28 bits per heavy atom. The molecule has 0 amide bonds. The third-order valence-corrected chi connectivity index (χ3v) is 3.70. The Morgan fingerprint density at radius 2 is 1.83 bits per heavy atom.